The van der Waals surface area contributed by atoms with Crippen molar-refractivity contribution in [1.82, 2.24) is 5.32 Å². The van der Waals surface area contributed by atoms with Crippen molar-refractivity contribution in [3.63, 3.8) is 0 Å². The van der Waals surface area contributed by atoms with Crippen molar-refractivity contribution >= 4 is 46.9 Å². The molecule has 3 amide bonds. The van der Waals surface area contributed by atoms with E-state index in [4.69, 9.17) is 0 Å². The molecule has 0 fully saturated rings. The van der Waals surface area contributed by atoms with Crippen LogP contribution in [0.4, 0.5) is 11.4 Å². The first-order chi connectivity index (χ1) is 21.9. The van der Waals surface area contributed by atoms with Gasteiger partial charge in [-0.05, 0) is 85.1 Å². The van der Waals surface area contributed by atoms with E-state index < -0.39 is 11.2 Å². The molecule has 0 bridgehead atoms. The molecule has 0 radical (unpaired) electrons. The summed E-state index contributed by atoms with van der Waals surface area (Å²) in [5, 5.41) is 8.22. The molecule has 5 rings (SSSR count). The Morgan fingerprint density at radius 2 is 1.22 bits per heavy atom. The highest BCUT2D eigenvalue weighted by Gasteiger charge is 2.22. The van der Waals surface area contributed by atoms with Gasteiger partial charge in [-0.2, -0.15) is 0 Å². The zero-order valence-electron chi connectivity index (χ0n) is 25.0. The smallest absolute Gasteiger partial charge is 0.272 e. The quantitative estimate of drug-likeness (QED) is 0.110. The molecule has 0 aliphatic rings. The van der Waals surface area contributed by atoms with Crippen molar-refractivity contribution in [3.8, 4) is 0 Å². The predicted octanol–water partition coefficient (Wildman–Crippen LogP) is 8.19. The molecule has 0 heterocycles. The number of benzene rings is 5. The number of thioether (sulfide) groups is 1. The van der Waals surface area contributed by atoms with E-state index in [-0.39, 0.29) is 17.5 Å². The lowest BCUT2D eigenvalue weighted by Crippen LogP contribution is -2.30. The third-order valence-electron chi connectivity index (χ3n) is 7.04. The van der Waals surface area contributed by atoms with E-state index >= 15 is 0 Å². The number of hydrogen-bond donors (Lipinski definition) is 3. The van der Waals surface area contributed by atoms with Crippen LogP contribution in [0.15, 0.2) is 144 Å². The number of aryl methyl sites for hydroxylation is 2. The summed E-state index contributed by atoms with van der Waals surface area (Å²) in [5.41, 5.74) is 5.63. The van der Waals surface area contributed by atoms with Gasteiger partial charge in [0.05, 0.1) is 0 Å². The van der Waals surface area contributed by atoms with Gasteiger partial charge in [-0.3, -0.25) is 14.4 Å². The maximum Gasteiger partial charge on any atom is 0.272 e. The van der Waals surface area contributed by atoms with E-state index in [0.29, 0.717) is 11.3 Å². The Labute approximate surface area is 267 Å². The monoisotopic (exact) mass is 611 g/mol. The summed E-state index contributed by atoms with van der Waals surface area (Å²) in [6.45, 7) is 3.95. The van der Waals surface area contributed by atoms with Crippen molar-refractivity contribution in [2.45, 2.75) is 24.0 Å². The molecule has 3 N–H and O–H groups in total. The van der Waals surface area contributed by atoms with Gasteiger partial charge in [-0.1, -0.05) is 90.5 Å². The van der Waals surface area contributed by atoms with Crippen molar-refractivity contribution in [2.24, 2.45) is 0 Å². The van der Waals surface area contributed by atoms with Gasteiger partial charge < -0.3 is 16.0 Å². The Morgan fingerprint density at radius 1 is 0.644 bits per heavy atom. The number of hydrogen-bond acceptors (Lipinski definition) is 4. The first-order valence-corrected chi connectivity index (χ1v) is 15.4. The summed E-state index contributed by atoms with van der Waals surface area (Å²) in [7, 11) is 0. The van der Waals surface area contributed by atoms with Crippen LogP contribution in [0.2, 0.25) is 0 Å². The van der Waals surface area contributed by atoms with Crippen molar-refractivity contribution in [2.75, 3.05) is 10.6 Å². The summed E-state index contributed by atoms with van der Waals surface area (Å²) in [5.74, 6) is -0.969. The van der Waals surface area contributed by atoms with Gasteiger partial charge in [0.2, 0.25) is 5.91 Å². The molecule has 0 aliphatic carbocycles. The lowest BCUT2D eigenvalue weighted by Gasteiger charge is -2.18. The van der Waals surface area contributed by atoms with Crippen molar-refractivity contribution in [1.29, 1.82) is 0 Å². The van der Waals surface area contributed by atoms with Gasteiger partial charge >= 0.3 is 0 Å². The molecular formula is C38H33N3O3S. The van der Waals surface area contributed by atoms with E-state index in [1.54, 1.807) is 42.5 Å². The molecule has 1 atom stereocenters. The van der Waals surface area contributed by atoms with E-state index in [2.05, 4.69) is 16.0 Å². The fraction of sp³-hybridized carbons (Fsp3) is 0.0789. The Kier molecular flexibility index (Phi) is 10.2. The van der Waals surface area contributed by atoms with Gasteiger partial charge in [-0.15, -0.1) is 11.8 Å². The fourth-order valence-electron chi connectivity index (χ4n) is 4.54. The first-order valence-electron chi connectivity index (χ1n) is 14.5. The molecule has 224 valence electrons. The van der Waals surface area contributed by atoms with Gasteiger partial charge in [0.1, 0.15) is 10.9 Å². The van der Waals surface area contributed by atoms with Gasteiger partial charge in [0.25, 0.3) is 11.8 Å². The van der Waals surface area contributed by atoms with Crippen LogP contribution in [0.5, 0.6) is 0 Å². The van der Waals surface area contributed by atoms with E-state index in [0.717, 1.165) is 32.8 Å². The molecule has 0 aliphatic heterocycles. The highest BCUT2D eigenvalue weighted by Crippen LogP contribution is 2.36. The lowest BCUT2D eigenvalue weighted by atomic mass is 10.1. The third-order valence-corrected chi connectivity index (χ3v) is 8.31. The Bertz CT molecular complexity index is 1800. The highest BCUT2D eigenvalue weighted by atomic mass is 32.2. The standard InChI is InChI=1S/C38H33N3O3S/c1-26-17-19-31(20-18-26)40-38(44)35(28-12-5-3-6-13-28)45-33-23-21-32(22-24-33)39-37(43)34(25-30-16-10-9-11-27(30)2)41-36(42)29-14-7-4-8-15-29/h3-25,35H,1-2H3,(H,39,43)(H,40,44)(H,41,42)/b34-25-. The van der Waals surface area contributed by atoms with Crippen LogP contribution >= 0.6 is 11.8 Å². The predicted molar refractivity (Wildman–Crippen MR) is 183 cm³/mol. The van der Waals surface area contributed by atoms with Crippen LogP contribution in [-0.2, 0) is 9.59 Å². The van der Waals surface area contributed by atoms with Gasteiger partial charge in [0, 0.05) is 21.8 Å². The minimum atomic E-state index is -0.496. The second kappa shape index (κ2) is 14.9. The molecule has 0 aromatic heterocycles. The maximum absolute atomic E-state index is 13.5. The van der Waals surface area contributed by atoms with Crippen LogP contribution in [0, 0.1) is 13.8 Å². The Hall–Kier alpha value is -5.40. The van der Waals surface area contributed by atoms with Crippen LogP contribution in [0.3, 0.4) is 0 Å². The molecule has 0 saturated carbocycles. The summed E-state index contributed by atoms with van der Waals surface area (Å²) in [6, 6.07) is 41.0. The number of anilines is 2. The lowest BCUT2D eigenvalue weighted by molar-refractivity contribution is -0.116. The largest absolute Gasteiger partial charge is 0.325 e. The van der Waals surface area contributed by atoms with E-state index in [1.807, 2.05) is 111 Å². The number of amides is 3. The molecule has 0 saturated heterocycles. The third kappa shape index (κ3) is 8.59. The minimum Gasteiger partial charge on any atom is -0.325 e. The summed E-state index contributed by atoms with van der Waals surface area (Å²) in [4.78, 5) is 40.7. The van der Waals surface area contributed by atoms with Crippen LogP contribution in [0.1, 0.15) is 37.9 Å². The zero-order chi connectivity index (χ0) is 31.6. The summed E-state index contributed by atoms with van der Waals surface area (Å²) < 4.78 is 0. The fourth-order valence-corrected chi connectivity index (χ4v) is 5.57. The molecule has 45 heavy (non-hydrogen) atoms. The molecule has 1 unspecified atom stereocenters. The Balaban J connectivity index is 1.33. The normalized spacial score (nSPS) is 11.7. The minimum absolute atomic E-state index is 0.119. The summed E-state index contributed by atoms with van der Waals surface area (Å²) in [6.07, 6.45) is 1.67. The van der Waals surface area contributed by atoms with Crippen molar-refractivity contribution < 1.29 is 14.4 Å². The van der Waals surface area contributed by atoms with E-state index in [1.165, 1.54) is 11.8 Å². The molecule has 5 aromatic carbocycles. The Morgan fingerprint density at radius 3 is 1.89 bits per heavy atom. The van der Waals surface area contributed by atoms with E-state index in [9.17, 15) is 14.4 Å². The average molecular weight is 612 g/mol. The SMILES string of the molecule is Cc1ccc(NC(=O)C(Sc2ccc(NC(=O)/C(=C/c3ccccc3C)NC(=O)c3ccccc3)cc2)c2ccccc2)cc1. The molecular weight excluding hydrogens is 579 g/mol. The average Bonchev–Trinajstić information content (AvgIpc) is 3.06. The topological polar surface area (TPSA) is 87.3 Å². The van der Waals surface area contributed by atoms with Crippen LogP contribution in [-0.4, -0.2) is 17.7 Å². The zero-order valence-corrected chi connectivity index (χ0v) is 25.8. The number of nitrogens with one attached hydrogen (secondary N) is 3. The molecule has 0 spiro atoms. The number of rotatable bonds is 10. The molecule has 7 heteroatoms. The van der Waals surface area contributed by atoms with Crippen LogP contribution in [0.25, 0.3) is 6.08 Å². The number of carbonyl (C=O) groups excluding carboxylic acids is 3. The second-order valence-electron chi connectivity index (χ2n) is 10.5. The van der Waals surface area contributed by atoms with Crippen molar-refractivity contribution in [3.05, 3.63) is 167 Å². The van der Waals surface area contributed by atoms with Gasteiger partial charge in [0.15, 0.2) is 0 Å². The maximum atomic E-state index is 13.5. The number of carbonyl (C=O) groups is 3. The summed E-state index contributed by atoms with van der Waals surface area (Å²) >= 11 is 1.42. The second-order valence-corrected chi connectivity index (χ2v) is 11.7. The van der Waals surface area contributed by atoms with Crippen LogP contribution < -0.4 is 16.0 Å². The molecule has 6 nitrogen and oxygen atoms in total. The highest BCUT2D eigenvalue weighted by molar-refractivity contribution is 8.00. The van der Waals surface area contributed by atoms with Gasteiger partial charge in [-0.25, -0.2) is 0 Å². The molecule has 5 aromatic rings. The first kappa shape index (κ1) is 31.0.